The van der Waals surface area contributed by atoms with Crippen molar-refractivity contribution in [1.82, 2.24) is 5.32 Å². The quantitative estimate of drug-likeness (QED) is 0.805. The van der Waals surface area contributed by atoms with Crippen molar-refractivity contribution in [3.63, 3.8) is 0 Å². The molecular weight excluding hydrogens is 266 g/mol. The van der Waals surface area contributed by atoms with Crippen LogP contribution >= 0.6 is 10.7 Å². The number of likely N-dealkylation sites (N-methyl/N-ethyl adjacent to an activating group) is 1. The molecule has 1 aromatic rings. The summed E-state index contributed by atoms with van der Waals surface area (Å²) in [6.45, 7) is 0. The molecule has 7 heteroatoms. The predicted molar refractivity (Wildman–Crippen MR) is 61.7 cm³/mol. The van der Waals surface area contributed by atoms with Gasteiger partial charge in [0.15, 0.2) is 6.10 Å². The third-order valence-electron chi connectivity index (χ3n) is 2.53. The van der Waals surface area contributed by atoms with E-state index in [1.165, 1.54) is 25.2 Å². The molecule has 92 valence electrons. The van der Waals surface area contributed by atoms with Crippen LogP contribution in [0.4, 0.5) is 0 Å². The van der Waals surface area contributed by atoms with Gasteiger partial charge in [-0.3, -0.25) is 4.79 Å². The third kappa shape index (κ3) is 2.37. The van der Waals surface area contributed by atoms with Gasteiger partial charge in [0, 0.05) is 24.2 Å². The smallest absolute Gasteiger partial charge is 0.261 e. The Bertz CT molecular complexity index is 570. The number of hydrogen-bond acceptors (Lipinski definition) is 4. The predicted octanol–water partition coefficient (Wildman–Crippen LogP) is 0.664. The number of ether oxygens (including phenoxy) is 1. The molecule has 1 aliphatic heterocycles. The van der Waals surface area contributed by atoms with Crippen molar-refractivity contribution < 1.29 is 17.9 Å². The lowest BCUT2D eigenvalue weighted by molar-refractivity contribution is -0.126. The zero-order chi connectivity index (χ0) is 12.6. The van der Waals surface area contributed by atoms with Gasteiger partial charge in [-0.15, -0.1) is 0 Å². The summed E-state index contributed by atoms with van der Waals surface area (Å²) in [5, 5.41) is 2.48. The van der Waals surface area contributed by atoms with Crippen LogP contribution in [0.1, 0.15) is 5.56 Å². The fourth-order valence-corrected chi connectivity index (χ4v) is 2.49. The number of carbonyl (C=O) groups excluding carboxylic acids is 1. The van der Waals surface area contributed by atoms with Crippen LogP contribution in [0.3, 0.4) is 0 Å². The molecule has 1 heterocycles. The molecule has 0 saturated heterocycles. The van der Waals surface area contributed by atoms with E-state index in [0.29, 0.717) is 17.7 Å². The van der Waals surface area contributed by atoms with Crippen molar-refractivity contribution in [2.24, 2.45) is 0 Å². The Morgan fingerprint density at radius 3 is 2.82 bits per heavy atom. The summed E-state index contributed by atoms with van der Waals surface area (Å²) in [6.07, 6.45) is -0.266. The Balaban J connectivity index is 2.31. The number of rotatable bonds is 2. The first-order valence-corrected chi connectivity index (χ1v) is 7.18. The number of carbonyl (C=O) groups is 1. The van der Waals surface area contributed by atoms with Gasteiger partial charge in [0.2, 0.25) is 0 Å². The molecule has 0 bridgehead atoms. The zero-order valence-corrected chi connectivity index (χ0v) is 10.5. The van der Waals surface area contributed by atoms with Crippen LogP contribution in [0.15, 0.2) is 23.1 Å². The molecule has 1 aliphatic rings. The highest BCUT2D eigenvalue weighted by Gasteiger charge is 2.29. The Morgan fingerprint density at radius 1 is 1.53 bits per heavy atom. The lowest BCUT2D eigenvalue weighted by atomic mass is 10.1. The molecule has 17 heavy (non-hydrogen) atoms. The van der Waals surface area contributed by atoms with Crippen LogP contribution in [0, 0.1) is 0 Å². The average molecular weight is 276 g/mol. The maximum atomic E-state index is 11.4. The number of benzene rings is 1. The number of halogens is 1. The highest BCUT2D eigenvalue weighted by atomic mass is 35.7. The first-order valence-electron chi connectivity index (χ1n) is 4.87. The first kappa shape index (κ1) is 12.2. The fourth-order valence-electron chi connectivity index (χ4n) is 1.68. The molecule has 1 atom stereocenters. The molecular formula is C10H10ClNO4S. The van der Waals surface area contributed by atoms with Crippen LogP contribution in [0.25, 0.3) is 0 Å². The molecule has 2 rings (SSSR count). The Kier molecular flexibility index (Phi) is 3.01. The van der Waals surface area contributed by atoms with E-state index in [0.717, 1.165) is 0 Å². The molecule has 1 amide bonds. The monoisotopic (exact) mass is 275 g/mol. The van der Waals surface area contributed by atoms with Crippen molar-refractivity contribution in [2.75, 3.05) is 7.05 Å². The van der Waals surface area contributed by atoms with E-state index < -0.39 is 15.2 Å². The standard InChI is InChI=1S/C10H10ClNO4S/c1-12-10(13)9-5-6-4-7(17(11,14)15)2-3-8(6)16-9/h2-4,9H,5H2,1H3,(H,12,13). The molecule has 1 N–H and O–H groups in total. The van der Waals surface area contributed by atoms with Gasteiger partial charge in [-0.25, -0.2) is 8.42 Å². The summed E-state index contributed by atoms with van der Waals surface area (Å²) < 4.78 is 27.7. The van der Waals surface area contributed by atoms with Crippen LogP contribution in [-0.4, -0.2) is 27.5 Å². The summed E-state index contributed by atoms with van der Waals surface area (Å²) in [5.74, 6) is 0.277. The fraction of sp³-hybridized carbons (Fsp3) is 0.300. The van der Waals surface area contributed by atoms with E-state index in [2.05, 4.69) is 5.32 Å². The maximum Gasteiger partial charge on any atom is 0.261 e. The van der Waals surface area contributed by atoms with Crippen LogP contribution in [0.2, 0.25) is 0 Å². The van der Waals surface area contributed by atoms with Gasteiger partial charge in [0.1, 0.15) is 5.75 Å². The first-order chi connectivity index (χ1) is 7.91. The van der Waals surface area contributed by atoms with Gasteiger partial charge in [-0.1, -0.05) is 0 Å². The number of fused-ring (bicyclic) bond motifs is 1. The van der Waals surface area contributed by atoms with Gasteiger partial charge in [0.05, 0.1) is 4.90 Å². The normalized spacial score (nSPS) is 18.4. The second-order valence-electron chi connectivity index (χ2n) is 3.63. The van der Waals surface area contributed by atoms with Gasteiger partial charge in [-0.05, 0) is 23.8 Å². The molecule has 0 saturated carbocycles. The molecule has 1 unspecified atom stereocenters. The molecule has 0 aromatic heterocycles. The SMILES string of the molecule is CNC(=O)C1Cc2cc(S(=O)(=O)Cl)ccc2O1. The summed E-state index contributed by atoms with van der Waals surface area (Å²) in [5.41, 5.74) is 0.667. The maximum absolute atomic E-state index is 11.4. The van der Waals surface area contributed by atoms with Crippen LogP contribution in [0.5, 0.6) is 5.75 Å². The lowest BCUT2D eigenvalue weighted by Crippen LogP contribution is -2.34. The zero-order valence-electron chi connectivity index (χ0n) is 8.94. The van der Waals surface area contributed by atoms with Crippen LogP contribution in [-0.2, 0) is 20.3 Å². The van der Waals surface area contributed by atoms with E-state index in [-0.39, 0.29) is 10.8 Å². The van der Waals surface area contributed by atoms with E-state index >= 15 is 0 Å². The third-order valence-corrected chi connectivity index (χ3v) is 3.88. The van der Waals surface area contributed by atoms with E-state index in [1.54, 1.807) is 0 Å². The highest BCUT2D eigenvalue weighted by Crippen LogP contribution is 2.31. The molecule has 5 nitrogen and oxygen atoms in total. The van der Waals surface area contributed by atoms with Crippen molar-refractivity contribution in [2.45, 2.75) is 17.4 Å². The molecule has 0 aliphatic carbocycles. The molecule has 0 fully saturated rings. The Hall–Kier alpha value is -1.27. The minimum Gasteiger partial charge on any atom is -0.480 e. The minimum absolute atomic E-state index is 0.0130. The summed E-state index contributed by atoms with van der Waals surface area (Å²) >= 11 is 0. The van der Waals surface area contributed by atoms with Crippen molar-refractivity contribution in [1.29, 1.82) is 0 Å². The molecule has 0 radical (unpaired) electrons. The van der Waals surface area contributed by atoms with Crippen molar-refractivity contribution >= 4 is 25.6 Å². The van der Waals surface area contributed by atoms with Gasteiger partial charge >= 0.3 is 0 Å². The number of hydrogen-bond donors (Lipinski definition) is 1. The lowest BCUT2D eigenvalue weighted by Gasteiger charge is -2.07. The van der Waals surface area contributed by atoms with Crippen molar-refractivity contribution in [3.8, 4) is 5.75 Å². The van der Waals surface area contributed by atoms with Gasteiger partial charge in [0.25, 0.3) is 15.0 Å². The van der Waals surface area contributed by atoms with Crippen LogP contribution < -0.4 is 10.1 Å². The topological polar surface area (TPSA) is 72.5 Å². The average Bonchev–Trinajstić information content (AvgIpc) is 2.69. The molecule has 1 aromatic carbocycles. The molecule has 0 spiro atoms. The largest absolute Gasteiger partial charge is 0.480 e. The summed E-state index contributed by atoms with van der Waals surface area (Å²) in [7, 11) is 3.00. The Labute approximate surface area is 103 Å². The highest BCUT2D eigenvalue weighted by molar-refractivity contribution is 8.13. The number of nitrogens with one attached hydrogen (secondary N) is 1. The van der Waals surface area contributed by atoms with E-state index in [9.17, 15) is 13.2 Å². The van der Waals surface area contributed by atoms with Gasteiger partial charge in [-0.2, -0.15) is 0 Å². The Morgan fingerprint density at radius 2 is 2.24 bits per heavy atom. The second kappa shape index (κ2) is 4.19. The summed E-state index contributed by atoms with van der Waals surface area (Å²) in [4.78, 5) is 11.4. The second-order valence-corrected chi connectivity index (χ2v) is 6.20. The van der Waals surface area contributed by atoms with Crippen molar-refractivity contribution in [3.05, 3.63) is 23.8 Å². The van der Waals surface area contributed by atoms with Gasteiger partial charge < -0.3 is 10.1 Å². The number of amides is 1. The summed E-state index contributed by atoms with van der Waals surface area (Å²) in [6, 6.07) is 4.29. The minimum atomic E-state index is -3.75. The van der Waals surface area contributed by atoms with E-state index in [4.69, 9.17) is 15.4 Å². The van der Waals surface area contributed by atoms with E-state index in [1.807, 2.05) is 0 Å².